The van der Waals surface area contributed by atoms with E-state index in [0.29, 0.717) is 16.5 Å². The van der Waals surface area contributed by atoms with Crippen molar-refractivity contribution in [3.63, 3.8) is 0 Å². The van der Waals surface area contributed by atoms with Crippen molar-refractivity contribution in [3.05, 3.63) is 51.5 Å². The Morgan fingerprint density at radius 1 is 1.40 bits per heavy atom. The van der Waals surface area contributed by atoms with Gasteiger partial charge in [-0.3, -0.25) is 4.68 Å². The van der Waals surface area contributed by atoms with Crippen molar-refractivity contribution in [2.24, 2.45) is 5.73 Å². The van der Waals surface area contributed by atoms with E-state index in [9.17, 15) is 4.39 Å². The van der Waals surface area contributed by atoms with Crippen LogP contribution < -0.4 is 5.73 Å². The summed E-state index contributed by atoms with van der Waals surface area (Å²) in [7, 11) is 0. The third kappa shape index (κ3) is 3.10. The van der Waals surface area contributed by atoms with Gasteiger partial charge in [-0.15, -0.1) is 0 Å². The normalized spacial score (nSPS) is 12.7. The van der Waals surface area contributed by atoms with Crippen LogP contribution in [-0.2, 0) is 19.4 Å². The fourth-order valence-electron chi connectivity index (χ4n) is 2.27. The number of nitrogens with two attached hydrogens (primary N) is 1. The monoisotopic (exact) mass is 339 g/mol. The maximum atomic E-state index is 14.1. The molecular weight excluding hydrogens is 321 g/mol. The fraction of sp³-hybridized carbons (Fsp3) is 0.400. The number of hydrogen-bond donors (Lipinski definition) is 1. The molecule has 2 rings (SSSR count). The van der Waals surface area contributed by atoms with E-state index >= 15 is 0 Å². The first-order valence-electron chi connectivity index (χ1n) is 6.81. The molecule has 5 heteroatoms. The molecule has 0 saturated carbocycles. The molecule has 0 amide bonds. The smallest absolute Gasteiger partial charge is 0.142 e. The van der Waals surface area contributed by atoms with E-state index in [0.717, 1.165) is 24.4 Å². The Bertz CT molecular complexity index is 595. The van der Waals surface area contributed by atoms with Crippen molar-refractivity contribution < 1.29 is 4.39 Å². The van der Waals surface area contributed by atoms with Gasteiger partial charge in [0.15, 0.2) is 0 Å². The van der Waals surface area contributed by atoms with Crippen LogP contribution in [0.15, 0.2) is 28.7 Å². The van der Waals surface area contributed by atoms with Crippen LogP contribution in [0, 0.1) is 5.82 Å². The topological polar surface area (TPSA) is 43.8 Å². The van der Waals surface area contributed by atoms with Gasteiger partial charge >= 0.3 is 0 Å². The zero-order valence-corrected chi connectivity index (χ0v) is 13.3. The van der Waals surface area contributed by atoms with Crippen LogP contribution in [0.4, 0.5) is 4.39 Å². The van der Waals surface area contributed by atoms with Gasteiger partial charge < -0.3 is 5.73 Å². The van der Waals surface area contributed by atoms with Crippen LogP contribution in [0.25, 0.3) is 0 Å². The number of nitrogens with zero attached hydrogens (tertiary/aromatic N) is 2. The summed E-state index contributed by atoms with van der Waals surface area (Å²) < 4.78 is 16.4. The van der Waals surface area contributed by atoms with E-state index in [1.54, 1.807) is 18.2 Å². The van der Waals surface area contributed by atoms with Crippen molar-refractivity contribution in [1.82, 2.24) is 9.78 Å². The Kier molecular flexibility index (Phi) is 4.94. The fourth-order valence-corrected chi connectivity index (χ4v) is 2.65. The lowest BCUT2D eigenvalue weighted by atomic mass is 10.0. The summed E-state index contributed by atoms with van der Waals surface area (Å²) in [5.41, 5.74) is 8.80. The minimum Gasteiger partial charge on any atom is -0.324 e. The highest BCUT2D eigenvalue weighted by atomic mass is 79.9. The Balaban J connectivity index is 2.25. The molecule has 20 heavy (non-hydrogen) atoms. The Morgan fingerprint density at radius 3 is 2.80 bits per heavy atom. The lowest BCUT2D eigenvalue weighted by Crippen LogP contribution is -2.17. The first-order chi connectivity index (χ1) is 9.56. The van der Waals surface area contributed by atoms with E-state index in [4.69, 9.17) is 5.73 Å². The molecule has 0 aliphatic heterocycles. The summed E-state index contributed by atoms with van der Waals surface area (Å²) in [5, 5.41) is 4.49. The number of aryl methyl sites for hydroxylation is 2. The Hall–Kier alpha value is -1.20. The summed E-state index contributed by atoms with van der Waals surface area (Å²) in [5.74, 6) is -0.279. The lowest BCUT2D eigenvalue weighted by molar-refractivity contribution is 0.552. The molecule has 0 spiro atoms. The molecule has 0 saturated heterocycles. The summed E-state index contributed by atoms with van der Waals surface area (Å²) in [6.07, 6.45) is 1.47. The van der Waals surface area contributed by atoms with Crippen molar-refractivity contribution in [3.8, 4) is 0 Å². The second-order valence-corrected chi connectivity index (χ2v) is 5.60. The van der Waals surface area contributed by atoms with Crippen molar-refractivity contribution in [2.75, 3.05) is 0 Å². The van der Waals surface area contributed by atoms with Crippen molar-refractivity contribution in [1.29, 1.82) is 0 Å². The molecule has 0 aliphatic rings. The molecular formula is C15H19BrFN3. The van der Waals surface area contributed by atoms with Gasteiger partial charge in [-0.25, -0.2) is 4.39 Å². The Labute approximate surface area is 127 Å². The lowest BCUT2D eigenvalue weighted by Gasteiger charge is -2.14. The zero-order valence-electron chi connectivity index (χ0n) is 11.7. The third-order valence-electron chi connectivity index (χ3n) is 3.39. The minimum atomic E-state index is -0.376. The maximum Gasteiger partial charge on any atom is 0.142 e. The highest BCUT2D eigenvalue weighted by molar-refractivity contribution is 9.10. The van der Waals surface area contributed by atoms with Gasteiger partial charge in [-0.2, -0.15) is 5.10 Å². The third-order valence-corrected chi connectivity index (χ3v) is 4.00. The first-order valence-corrected chi connectivity index (χ1v) is 7.61. The summed E-state index contributed by atoms with van der Waals surface area (Å²) in [6.45, 7) is 4.91. The summed E-state index contributed by atoms with van der Waals surface area (Å²) >= 11 is 3.20. The number of rotatable bonds is 5. The van der Waals surface area contributed by atoms with E-state index in [-0.39, 0.29) is 11.9 Å². The number of benzene rings is 1. The van der Waals surface area contributed by atoms with Gasteiger partial charge in [0.25, 0.3) is 0 Å². The molecule has 2 aromatic rings. The van der Waals surface area contributed by atoms with Crippen LogP contribution in [-0.4, -0.2) is 9.78 Å². The number of aromatic nitrogens is 2. The van der Waals surface area contributed by atoms with E-state index < -0.39 is 0 Å². The minimum absolute atomic E-state index is 0.279. The van der Waals surface area contributed by atoms with Gasteiger partial charge in [0.05, 0.1) is 10.2 Å². The largest absolute Gasteiger partial charge is 0.324 e. The van der Waals surface area contributed by atoms with E-state index in [1.165, 1.54) is 0 Å². The second kappa shape index (κ2) is 6.50. The van der Waals surface area contributed by atoms with Gasteiger partial charge in [-0.1, -0.05) is 19.1 Å². The van der Waals surface area contributed by atoms with Gasteiger partial charge in [-0.05, 0) is 41.4 Å². The van der Waals surface area contributed by atoms with Gasteiger partial charge in [0.2, 0.25) is 0 Å². The highest BCUT2D eigenvalue weighted by Crippen LogP contribution is 2.25. The molecule has 0 fully saturated rings. The molecule has 0 bridgehead atoms. The van der Waals surface area contributed by atoms with Crippen LogP contribution in [0.1, 0.15) is 36.8 Å². The predicted octanol–water partition coefficient (Wildman–Crippen LogP) is 3.61. The van der Waals surface area contributed by atoms with E-state index in [2.05, 4.69) is 34.0 Å². The van der Waals surface area contributed by atoms with Crippen LogP contribution >= 0.6 is 15.9 Å². The highest BCUT2D eigenvalue weighted by Gasteiger charge is 2.16. The van der Waals surface area contributed by atoms with Gasteiger partial charge in [0.1, 0.15) is 5.82 Å². The standard InChI is InChI=1S/C15H19BrFN3/c1-3-10-8-11(20(4-2)19-10)9-14(18)12-6-5-7-13(16)15(12)17/h5-8,14H,3-4,9,18H2,1-2H3. The Morgan fingerprint density at radius 2 is 2.15 bits per heavy atom. The molecule has 108 valence electrons. The van der Waals surface area contributed by atoms with E-state index in [1.807, 2.05) is 11.6 Å². The second-order valence-electron chi connectivity index (χ2n) is 4.75. The molecule has 2 N–H and O–H groups in total. The average molecular weight is 340 g/mol. The molecule has 0 aliphatic carbocycles. The summed E-state index contributed by atoms with van der Waals surface area (Å²) in [6, 6.07) is 6.89. The molecule has 1 aromatic heterocycles. The predicted molar refractivity (Wildman–Crippen MR) is 82.0 cm³/mol. The van der Waals surface area contributed by atoms with Crippen LogP contribution in [0.2, 0.25) is 0 Å². The van der Waals surface area contributed by atoms with Crippen LogP contribution in [0.3, 0.4) is 0 Å². The number of halogens is 2. The summed E-state index contributed by atoms with van der Waals surface area (Å²) in [4.78, 5) is 0. The molecule has 1 aromatic carbocycles. The molecule has 0 radical (unpaired) electrons. The zero-order chi connectivity index (χ0) is 14.7. The molecule has 3 nitrogen and oxygen atoms in total. The molecule has 1 unspecified atom stereocenters. The average Bonchev–Trinajstić information content (AvgIpc) is 2.84. The number of hydrogen-bond acceptors (Lipinski definition) is 2. The maximum absolute atomic E-state index is 14.1. The first kappa shape index (κ1) is 15.2. The van der Waals surface area contributed by atoms with Gasteiger partial charge in [0, 0.05) is 30.3 Å². The molecule has 1 heterocycles. The SMILES string of the molecule is CCc1cc(CC(N)c2cccc(Br)c2F)n(CC)n1. The van der Waals surface area contributed by atoms with Crippen molar-refractivity contribution in [2.45, 2.75) is 39.3 Å². The quantitative estimate of drug-likeness (QED) is 0.904. The molecule has 1 atom stereocenters. The van der Waals surface area contributed by atoms with Crippen LogP contribution in [0.5, 0.6) is 0 Å². The van der Waals surface area contributed by atoms with Crippen molar-refractivity contribution >= 4 is 15.9 Å².